The molecule has 0 fully saturated rings. The first-order valence-electron chi connectivity index (χ1n) is 9.77. The number of rotatable bonds is 16. The van der Waals surface area contributed by atoms with Crippen LogP contribution in [0.1, 0.15) is 40.5 Å². The average Bonchev–Trinajstić information content (AvgIpc) is 2.62. The maximum atomic E-state index is 8.52. The van der Waals surface area contributed by atoms with Crippen molar-refractivity contribution >= 4 is 0 Å². The Labute approximate surface area is 183 Å². The fourth-order valence-electron chi connectivity index (χ4n) is 2.21. The van der Waals surface area contributed by atoms with Crippen molar-refractivity contribution in [2.75, 3.05) is 78.7 Å². The van der Waals surface area contributed by atoms with E-state index < -0.39 is 0 Å². The number of aliphatic hydroxyl groups excluding tert-OH is 2. The van der Waals surface area contributed by atoms with Crippen LogP contribution < -0.4 is 10.6 Å². The summed E-state index contributed by atoms with van der Waals surface area (Å²) < 4.78 is 0. The number of hydrogen-bond acceptors (Lipinski definition) is 6. The van der Waals surface area contributed by atoms with Crippen LogP contribution in [0.4, 0.5) is 0 Å². The van der Waals surface area contributed by atoms with Gasteiger partial charge >= 0.3 is 34.1 Å². The van der Waals surface area contributed by atoms with Crippen molar-refractivity contribution < 1.29 is 44.4 Å². The summed E-state index contributed by atoms with van der Waals surface area (Å²) in [5.74, 6) is 0. The van der Waals surface area contributed by atoms with Gasteiger partial charge in [0.25, 0.3) is 0 Å². The molecular formula is C18H44Cu2N4O2+2. The molecule has 0 aromatic heterocycles. The minimum atomic E-state index is 0. The second-order valence-corrected chi connectivity index (χ2v) is 5.71. The Morgan fingerprint density at radius 2 is 0.885 bits per heavy atom. The third-order valence-corrected chi connectivity index (χ3v) is 4.02. The third kappa shape index (κ3) is 27.0. The van der Waals surface area contributed by atoms with Gasteiger partial charge in [-0.15, -0.1) is 0 Å². The minimum absolute atomic E-state index is 0. The predicted octanol–water partition coefficient (Wildman–Crippen LogP) is 0.595. The van der Waals surface area contributed by atoms with Crippen molar-refractivity contribution in [3.8, 4) is 0 Å². The molecule has 168 valence electrons. The van der Waals surface area contributed by atoms with Gasteiger partial charge in [-0.2, -0.15) is 0 Å². The summed E-state index contributed by atoms with van der Waals surface area (Å²) in [4.78, 5) is 4.76. The maximum absolute atomic E-state index is 8.52. The number of nitrogens with one attached hydrogen (secondary N) is 2. The summed E-state index contributed by atoms with van der Waals surface area (Å²) in [7, 11) is 0. The van der Waals surface area contributed by atoms with E-state index in [2.05, 4.69) is 48.1 Å². The van der Waals surface area contributed by atoms with Crippen molar-refractivity contribution in [1.82, 2.24) is 20.4 Å². The van der Waals surface area contributed by atoms with Gasteiger partial charge in [-0.05, 0) is 52.1 Å². The molecule has 0 bridgehead atoms. The molecule has 0 unspecified atom stereocenters. The molecule has 0 heterocycles. The van der Waals surface area contributed by atoms with Crippen LogP contribution in [0, 0.1) is 0 Å². The zero-order valence-corrected chi connectivity index (χ0v) is 19.2. The Morgan fingerprint density at radius 3 is 1.12 bits per heavy atom. The smallest absolute Gasteiger partial charge is 0.396 e. The van der Waals surface area contributed by atoms with Gasteiger partial charge in [0.1, 0.15) is 0 Å². The largest absolute Gasteiger partial charge is 1.00 e. The number of hydrogen-bond donors (Lipinski definition) is 4. The Balaban J connectivity index is -0.000000173. The van der Waals surface area contributed by atoms with E-state index in [1.165, 1.54) is 0 Å². The Hall–Kier alpha value is 0.799. The van der Waals surface area contributed by atoms with Crippen LogP contribution in [0.2, 0.25) is 0 Å². The molecule has 8 heteroatoms. The van der Waals surface area contributed by atoms with Crippen LogP contribution >= 0.6 is 0 Å². The molecule has 0 spiro atoms. The Bertz CT molecular complexity index is 201. The summed E-state index contributed by atoms with van der Waals surface area (Å²) in [6, 6.07) is 0. The van der Waals surface area contributed by atoms with Crippen LogP contribution in [0.25, 0.3) is 0 Å². The summed E-state index contributed by atoms with van der Waals surface area (Å²) in [6.07, 6.45) is 1.72. The molecule has 0 aliphatic carbocycles. The third-order valence-electron chi connectivity index (χ3n) is 4.02. The maximum Gasteiger partial charge on any atom is 1.00 e. The van der Waals surface area contributed by atoms with E-state index in [1.54, 1.807) is 0 Å². The topological polar surface area (TPSA) is 71.0 Å². The van der Waals surface area contributed by atoms with Gasteiger partial charge in [0.2, 0.25) is 0 Å². The molecule has 26 heavy (non-hydrogen) atoms. The molecule has 0 saturated carbocycles. The van der Waals surface area contributed by atoms with Crippen LogP contribution in [0.15, 0.2) is 0 Å². The fourth-order valence-corrected chi connectivity index (χ4v) is 2.21. The van der Waals surface area contributed by atoms with E-state index in [0.717, 1.165) is 78.3 Å². The standard InChI is InChI=1S/2C9H22N2O.2Cu/c2*1-3-11(4-2)8-7-10-6-5-9-12;;/h2*10,12H,3-9H2,1-2H3;;/q;;2*+1. The molecule has 0 radical (unpaired) electrons. The first kappa shape index (κ1) is 34.3. The zero-order valence-electron chi connectivity index (χ0n) is 17.3. The van der Waals surface area contributed by atoms with Gasteiger partial charge in [0.05, 0.1) is 0 Å². The molecule has 0 aliphatic heterocycles. The molecular weight excluding hydrogens is 431 g/mol. The van der Waals surface area contributed by atoms with Gasteiger partial charge in [-0.1, -0.05) is 27.7 Å². The molecule has 0 atom stereocenters. The number of likely N-dealkylation sites (N-methyl/N-ethyl adjacent to an activating group) is 2. The van der Waals surface area contributed by atoms with Crippen molar-refractivity contribution in [2.24, 2.45) is 0 Å². The number of nitrogens with zero attached hydrogens (tertiary/aromatic N) is 2. The molecule has 0 rings (SSSR count). The Kier molecular flexibility index (Phi) is 40.3. The van der Waals surface area contributed by atoms with Crippen molar-refractivity contribution in [3.05, 3.63) is 0 Å². The average molecular weight is 476 g/mol. The van der Waals surface area contributed by atoms with Crippen LogP contribution in [-0.2, 0) is 34.1 Å². The SMILES string of the molecule is CCN(CC)CCNCCCO.CCN(CC)CCNCCCO.[Cu+].[Cu+]. The first-order chi connectivity index (χ1) is 11.7. The van der Waals surface area contributed by atoms with E-state index in [9.17, 15) is 0 Å². The van der Waals surface area contributed by atoms with Gasteiger partial charge in [0.15, 0.2) is 0 Å². The fraction of sp³-hybridized carbons (Fsp3) is 1.00. The first-order valence-corrected chi connectivity index (χ1v) is 9.77. The summed E-state index contributed by atoms with van der Waals surface area (Å²) in [5.41, 5.74) is 0. The van der Waals surface area contributed by atoms with Crippen molar-refractivity contribution in [2.45, 2.75) is 40.5 Å². The van der Waals surface area contributed by atoms with E-state index in [1.807, 2.05) is 0 Å². The second kappa shape index (κ2) is 30.5. The van der Waals surface area contributed by atoms with Gasteiger partial charge in [0, 0.05) is 39.4 Å². The molecule has 0 saturated heterocycles. The normalized spacial score (nSPS) is 10.2. The van der Waals surface area contributed by atoms with E-state index in [4.69, 9.17) is 10.2 Å². The molecule has 0 amide bonds. The molecule has 0 aliphatic rings. The Morgan fingerprint density at radius 1 is 0.577 bits per heavy atom. The van der Waals surface area contributed by atoms with Gasteiger partial charge in [-0.25, -0.2) is 0 Å². The van der Waals surface area contributed by atoms with E-state index >= 15 is 0 Å². The minimum Gasteiger partial charge on any atom is -0.396 e. The molecule has 6 nitrogen and oxygen atoms in total. The van der Waals surface area contributed by atoms with E-state index in [-0.39, 0.29) is 47.4 Å². The molecule has 4 N–H and O–H groups in total. The predicted molar refractivity (Wildman–Crippen MR) is 105 cm³/mol. The summed E-state index contributed by atoms with van der Waals surface area (Å²) in [5, 5.41) is 23.6. The number of aliphatic hydroxyl groups is 2. The second-order valence-electron chi connectivity index (χ2n) is 5.71. The summed E-state index contributed by atoms with van der Waals surface area (Å²) >= 11 is 0. The molecule has 0 aromatic rings. The quantitative estimate of drug-likeness (QED) is 0.194. The van der Waals surface area contributed by atoms with Gasteiger partial charge in [-0.3, -0.25) is 0 Å². The van der Waals surface area contributed by atoms with Crippen molar-refractivity contribution in [3.63, 3.8) is 0 Å². The molecule has 0 aromatic carbocycles. The van der Waals surface area contributed by atoms with Crippen LogP contribution in [0.5, 0.6) is 0 Å². The van der Waals surface area contributed by atoms with Crippen LogP contribution in [-0.4, -0.2) is 98.7 Å². The summed E-state index contributed by atoms with van der Waals surface area (Å²) in [6.45, 7) is 19.9. The van der Waals surface area contributed by atoms with Crippen molar-refractivity contribution in [1.29, 1.82) is 0 Å². The monoisotopic (exact) mass is 474 g/mol. The van der Waals surface area contributed by atoms with E-state index in [0.29, 0.717) is 0 Å². The van der Waals surface area contributed by atoms with Crippen LogP contribution in [0.3, 0.4) is 0 Å². The van der Waals surface area contributed by atoms with Gasteiger partial charge < -0.3 is 30.6 Å². The zero-order chi connectivity index (χ0) is 18.5.